The van der Waals surface area contributed by atoms with Gasteiger partial charge in [-0.15, -0.1) is 0 Å². The quantitative estimate of drug-likeness (QED) is 0.867. The Morgan fingerprint density at radius 2 is 1.90 bits per heavy atom. The maximum absolute atomic E-state index is 8.73. The normalized spacial score (nSPS) is 9.86. The molecule has 0 fully saturated rings. The van der Waals surface area contributed by atoms with Gasteiger partial charge >= 0.3 is 0 Å². The van der Waals surface area contributed by atoms with Crippen LogP contribution in [0, 0.1) is 25.7 Å². The highest BCUT2D eigenvalue weighted by Gasteiger charge is 1.99. The molecule has 0 radical (unpaired) electrons. The van der Waals surface area contributed by atoms with Crippen molar-refractivity contribution in [2.24, 2.45) is 0 Å². The van der Waals surface area contributed by atoms with Gasteiger partial charge in [0.2, 0.25) is 0 Å². The van der Waals surface area contributed by atoms with E-state index in [-0.39, 0.29) is 6.61 Å². The van der Waals surface area contributed by atoms with E-state index in [0.717, 1.165) is 16.9 Å². The van der Waals surface area contributed by atoms with Crippen LogP contribution in [0.2, 0.25) is 0 Å². The molecule has 2 heteroatoms. The van der Waals surface area contributed by atoms with Gasteiger partial charge in [0.05, 0.1) is 6.61 Å². The number of hydrogen-bond acceptors (Lipinski definition) is 2. The van der Waals surface area contributed by atoms with Crippen LogP contribution in [0.1, 0.15) is 28.7 Å². The van der Waals surface area contributed by atoms with E-state index in [1.165, 1.54) is 11.1 Å². The first-order valence-corrected chi connectivity index (χ1v) is 7.08. The number of aliphatic hydroxyl groups excluding tert-OH is 1. The minimum Gasteiger partial charge on any atom is -0.489 e. The van der Waals surface area contributed by atoms with Crippen molar-refractivity contribution >= 4 is 0 Å². The van der Waals surface area contributed by atoms with Gasteiger partial charge in [0.15, 0.2) is 0 Å². The maximum atomic E-state index is 8.73. The fraction of sp³-hybridized carbons (Fsp3) is 0.263. The predicted octanol–water partition coefficient (Wildman–Crippen LogP) is 3.62. The largest absolute Gasteiger partial charge is 0.489 e. The zero-order valence-electron chi connectivity index (χ0n) is 12.5. The molecule has 0 amide bonds. The molecule has 2 aromatic carbocycles. The molecule has 0 atom stereocenters. The van der Waals surface area contributed by atoms with E-state index < -0.39 is 0 Å². The number of benzene rings is 2. The highest BCUT2D eigenvalue weighted by Crippen LogP contribution is 2.18. The zero-order valence-corrected chi connectivity index (χ0v) is 12.5. The van der Waals surface area contributed by atoms with Crippen LogP contribution in [-0.4, -0.2) is 11.7 Å². The molecule has 0 aliphatic carbocycles. The second-order valence-electron chi connectivity index (χ2n) is 5.01. The summed E-state index contributed by atoms with van der Waals surface area (Å²) in [6, 6.07) is 14.1. The number of rotatable bonds is 4. The third-order valence-corrected chi connectivity index (χ3v) is 3.28. The van der Waals surface area contributed by atoms with Crippen molar-refractivity contribution in [3.63, 3.8) is 0 Å². The Morgan fingerprint density at radius 3 is 2.67 bits per heavy atom. The van der Waals surface area contributed by atoms with E-state index in [9.17, 15) is 0 Å². The second kappa shape index (κ2) is 7.52. The second-order valence-corrected chi connectivity index (χ2v) is 5.01. The molecule has 108 valence electrons. The van der Waals surface area contributed by atoms with Gasteiger partial charge in [0.25, 0.3) is 0 Å². The van der Waals surface area contributed by atoms with Crippen LogP contribution in [0.15, 0.2) is 42.5 Å². The number of ether oxygens (including phenoxy) is 1. The summed E-state index contributed by atoms with van der Waals surface area (Å²) in [5.41, 5.74) is 4.54. The summed E-state index contributed by atoms with van der Waals surface area (Å²) < 4.78 is 5.82. The Kier molecular flexibility index (Phi) is 5.43. The minimum absolute atomic E-state index is 0.0998. The van der Waals surface area contributed by atoms with Crippen molar-refractivity contribution in [3.8, 4) is 17.6 Å². The van der Waals surface area contributed by atoms with Crippen molar-refractivity contribution in [2.45, 2.75) is 26.9 Å². The molecule has 0 spiro atoms. The fourth-order valence-corrected chi connectivity index (χ4v) is 1.93. The lowest BCUT2D eigenvalue weighted by atomic mass is 10.1. The van der Waals surface area contributed by atoms with Crippen molar-refractivity contribution in [1.82, 2.24) is 0 Å². The zero-order chi connectivity index (χ0) is 15.1. The molecule has 0 bridgehead atoms. The van der Waals surface area contributed by atoms with Crippen LogP contribution < -0.4 is 4.74 Å². The summed E-state index contributed by atoms with van der Waals surface area (Å²) in [6.07, 6.45) is 0.503. The van der Waals surface area contributed by atoms with Gasteiger partial charge in [-0.3, -0.25) is 0 Å². The Morgan fingerprint density at radius 1 is 1.05 bits per heavy atom. The van der Waals surface area contributed by atoms with Crippen molar-refractivity contribution in [3.05, 3.63) is 64.7 Å². The van der Waals surface area contributed by atoms with Gasteiger partial charge in [0, 0.05) is 12.0 Å². The Balaban J connectivity index is 2.01. The van der Waals surface area contributed by atoms with E-state index in [1.807, 2.05) is 30.3 Å². The topological polar surface area (TPSA) is 29.5 Å². The van der Waals surface area contributed by atoms with Gasteiger partial charge in [-0.1, -0.05) is 30.0 Å². The summed E-state index contributed by atoms with van der Waals surface area (Å²) in [4.78, 5) is 0. The molecule has 0 saturated carbocycles. The van der Waals surface area contributed by atoms with E-state index in [0.29, 0.717) is 13.0 Å². The van der Waals surface area contributed by atoms with Crippen LogP contribution >= 0.6 is 0 Å². The Labute approximate surface area is 126 Å². The van der Waals surface area contributed by atoms with E-state index >= 15 is 0 Å². The molecule has 0 unspecified atom stereocenters. The van der Waals surface area contributed by atoms with E-state index in [1.54, 1.807) is 0 Å². The Bertz CT molecular complexity index is 663. The molecule has 0 heterocycles. The molecule has 21 heavy (non-hydrogen) atoms. The molecular formula is C19H20O2. The Hall–Kier alpha value is -2.24. The summed E-state index contributed by atoms with van der Waals surface area (Å²) in [5.74, 6) is 6.84. The SMILES string of the molecule is Cc1ccc(OCc2cccc(C#CCCO)c2)cc1C. The van der Waals surface area contributed by atoms with Crippen LogP contribution in [0.25, 0.3) is 0 Å². The lowest BCUT2D eigenvalue weighted by Crippen LogP contribution is -1.96. The average molecular weight is 280 g/mol. The number of hydrogen-bond donors (Lipinski definition) is 1. The summed E-state index contributed by atoms with van der Waals surface area (Å²) in [5, 5.41) is 8.73. The van der Waals surface area contributed by atoms with Crippen LogP contribution in [0.5, 0.6) is 5.75 Å². The average Bonchev–Trinajstić information content (AvgIpc) is 2.49. The van der Waals surface area contributed by atoms with Gasteiger partial charge in [0.1, 0.15) is 12.4 Å². The van der Waals surface area contributed by atoms with Crippen molar-refractivity contribution in [1.29, 1.82) is 0 Å². The van der Waals surface area contributed by atoms with Gasteiger partial charge in [-0.05, 0) is 54.8 Å². The lowest BCUT2D eigenvalue weighted by molar-refractivity contribution is 0.305. The molecule has 2 aromatic rings. The van der Waals surface area contributed by atoms with Crippen LogP contribution in [-0.2, 0) is 6.61 Å². The molecule has 0 saturated heterocycles. The monoisotopic (exact) mass is 280 g/mol. The van der Waals surface area contributed by atoms with Crippen molar-refractivity contribution < 1.29 is 9.84 Å². The lowest BCUT2D eigenvalue weighted by Gasteiger charge is -2.08. The van der Waals surface area contributed by atoms with E-state index in [4.69, 9.17) is 9.84 Å². The molecule has 0 aromatic heterocycles. The summed E-state index contributed by atoms with van der Waals surface area (Å²) >= 11 is 0. The first-order chi connectivity index (χ1) is 10.2. The molecule has 2 rings (SSSR count). The highest BCUT2D eigenvalue weighted by molar-refractivity contribution is 5.37. The fourth-order valence-electron chi connectivity index (χ4n) is 1.93. The van der Waals surface area contributed by atoms with Crippen LogP contribution in [0.4, 0.5) is 0 Å². The van der Waals surface area contributed by atoms with Crippen molar-refractivity contribution in [2.75, 3.05) is 6.61 Å². The number of aliphatic hydroxyl groups is 1. The van der Waals surface area contributed by atoms with Crippen LogP contribution in [0.3, 0.4) is 0 Å². The molecule has 1 N–H and O–H groups in total. The third kappa shape index (κ3) is 4.66. The molecule has 0 aliphatic rings. The van der Waals surface area contributed by atoms with Gasteiger partial charge in [-0.2, -0.15) is 0 Å². The van der Waals surface area contributed by atoms with E-state index in [2.05, 4.69) is 37.8 Å². The number of aryl methyl sites for hydroxylation is 2. The highest BCUT2D eigenvalue weighted by atomic mass is 16.5. The minimum atomic E-state index is 0.0998. The molecular weight excluding hydrogens is 260 g/mol. The summed E-state index contributed by atoms with van der Waals surface area (Å²) in [6.45, 7) is 4.80. The van der Waals surface area contributed by atoms with Gasteiger partial charge < -0.3 is 9.84 Å². The smallest absolute Gasteiger partial charge is 0.120 e. The molecule has 0 aliphatic heterocycles. The maximum Gasteiger partial charge on any atom is 0.120 e. The standard InChI is InChI=1S/C19H20O2/c1-15-9-10-19(12-16(15)2)21-14-18-8-5-7-17(13-18)6-3-4-11-20/h5,7-10,12-13,20H,4,11,14H2,1-2H3. The first-order valence-electron chi connectivity index (χ1n) is 7.08. The first kappa shape index (κ1) is 15.2. The summed E-state index contributed by atoms with van der Waals surface area (Å²) in [7, 11) is 0. The molecule has 2 nitrogen and oxygen atoms in total. The third-order valence-electron chi connectivity index (χ3n) is 3.28. The predicted molar refractivity (Wildman–Crippen MR) is 85.3 cm³/mol. The van der Waals surface area contributed by atoms with Gasteiger partial charge in [-0.25, -0.2) is 0 Å².